The summed E-state index contributed by atoms with van der Waals surface area (Å²) in [5.41, 5.74) is 11.8. The lowest BCUT2D eigenvalue weighted by Gasteiger charge is -2.27. The lowest BCUT2D eigenvalue weighted by molar-refractivity contribution is 1.06. The molecule has 54 heavy (non-hydrogen) atoms. The van der Waals surface area contributed by atoms with Crippen molar-refractivity contribution in [2.75, 3.05) is 0 Å². The fourth-order valence-corrected chi connectivity index (χ4v) is 9.78. The Balaban J connectivity index is 1.28. The van der Waals surface area contributed by atoms with Crippen molar-refractivity contribution in [1.29, 1.82) is 0 Å². The smallest absolute Gasteiger partial charge is 0.195 e. The van der Waals surface area contributed by atoms with Crippen molar-refractivity contribution in [2.45, 2.75) is 5.82 Å². The molecule has 0 fully saturated rings. The number of hydrogen-bond acceptors (Lipinski definition) is 2. The third kappa shape index (κ3) is 4.91. The molecular weight excluding hydrogens is 671 g/mol. The van der Waals surface area contributed by atoms with Gasteiger partial charge in [0.2, 0.25) is 0 Å². The Hall–Kier alpha value is -6.49. The summed E-state index contributed by atoms with van der Waals surface area (Å²) in [5, 5.41) is 7.70. The maximum atomic E-state index is 5.19. The number of aromatic nitrogens is 1. The summed E-state index contributed by atoms with van der Waals surface area (Å²) in [4.78, 5) is 5.19. The van der Waals surface area contributed by atoms with Crippen LogP contribution >= 0.6 is 11.3 Å². The molecule has 1 aliphatic rings. The number of hydrogen-bond donors (Lipinski definition) is 0. The van der Waals surface area contributed by atoms with E-state index in [0.29, 0.717) is 0 Å². The molecule has 2 nitrogen and oxygen atoms in total. The van der Waals surface area contributed by atoms with E-state index in [1.165, 1.54) is 80.6 Å². The molecule has 8 aromatic carbocycles. The van der Waals surface area contributed by atoms with E-state index in [2.05, 4.69) is 200 Å². The van der Waals surface area contributed by atoms with Crippen molar-refractivity contribution >= 4 is 82.7 Å². The molecule has 2 aromatic heterocycles. The van der Waals surface area contributed by atoms with Gasteiger partial charge in [-0.1, -0.05) is 158 Å². The number of allylic oxidation sites excluding steroid dienone is 1. The van der Waals surface area contributed by atoms with Gasteiger partial charge in [-0.3, -0.25) is 4.99 Å². The van der Waals surface area contributed by atoms with Gasteiger partial charge in [-0.25, -0.2) is 0 Å². The van der Waals surface area contributed by atoms with Crippen LogP contribution in [-0.2, 0) is 0 Å². The van der Waals surface area contributed by atoms with Crippen LogP contribution < -0.4 is 0 Å². The van der Waals surface area contributed by atoms with Gasteiger partial charge in [-0.2, -0.15) is 0 Å². The largest absolute Gasteiger partial charge is 0.311 e. The molecular formula is C50H32BN2S. The minimum absolute atomic E-state index is 0.0168. The zero-order chi connectivity index (χ0) is 35.6. The van der Waals surface area contributed by atoms with Crippen LogP contribution in [0, 0.1) is 0 Å². The second kappa shape index (κ2) is 12.6. The Labute approximate surface area is 318 Å². The van der Waals surface area contributed by atoms with E-state index < -0.39 is 0 Å². The van der Waals surface area contributed by atoms with Crippen LogP contribution in [0.15, 0.2) is 193 Å². The minimum Gasteiger partial charge on any atom is -0.311 e. The first-order chi connectivity index (χ1) is 26.8. The molecule has 1 aliphatic heterocycles. The fraction of sp³-hybridized carbons (Fsp3) is 0.0200. The summed E-state index contributed by atoms with van der Waals surface area (Å²) >= 11 is 1.91. The number of nitrogens with zero attached hydrogens (tertiary/aromatic N) is 2. The average molecular weight is 704 g/mol. The van der Waals surface area contributed by atoms with E-state index in [-0.39, 0.29) is 5.82 Å². The maximum absolute atomic E-state index is 5.19. The Kier molecular flexibility index (Phi) is 7.24. The standard InChI is InChI=1S/C50H32BN2S/c1-5-15-32(16-6-1)36-25-27-42-40(29-36)46-48(53(42)43-31-52-50(35-21-11-4-12-22-35)51-47(43)34-19-9-3-10-20-34)39-24-14-13-23-38(39)45-41-30-37(33-17-7-2-8-18-33)26-28-44(41)54-49(45)46/h1-31,47H. The molecule has 0 spiro atoms. The van der Waals surface area contributed by atoms with Crippen LogP contribution in [0.4, 0.5) is 0 Å². The second-order valence-electron chi connectivity index (χ2n) is 14.1. The molecule has 1 atom stereocenters. The van der Waals surface area contributed by atoms with Crippen molar-refractivity contribution in [1.82, 2.24) is 4.57 Å². The zero-order valence-electron chi connectivity index (χ0n) is 29.4. The second-order valence-corrected chi connectivity index (χ2v) is 15.1. The van der Waals surface area contributed by atoms with Gasteiger partial charge in [0.1, 0.15) is 0 Å². The van der Waals surface area contributed by atoms with Crippen LogP contribution in [0.25, 0.3) is 80.7 Å². The maximum Gasteiger partial charge on any atom is 0.195 e. The topological polar surface area (TPSA) is 17.3 Å². The highest BCUT2D eigenvalue weighted by atomic mass is 32.1. The van der Waals surface area contributed by atoms with Crippen molar-refractivity contribution in [3.05, 3.63) is 199 Å². The van der Waals surface area contributed by atoms with E-state index in [9.17, 15) is 0 Å². The first-order valence-corrected chi connectivity index (χ1v) is 19.3. The van der Waals surface area contributed by atoms with Gasteiger partial charge in [0.25, 0.3) is 0 Å². The Bertz CT molecular complexity index is 3110. The van der Waals surface area contributed by atoms with Crippen LogP contribution in [0.2, 0.25) is 0 Å². The van der Waals surface area contributed by atoms with Gasteiger partial charge in [-0.05, 0) is 63.0 Å². The van der Waals surface area contributed by atoms with E-state index in [4.69, 9.17) is 4.99 Å². The molecule has 1 radical (unpaired) electrons. The molecule has 0 bridgehead atoms. The highest BCUT2D eigenvalue weighted by Gasteiger charge is 2.30. The SMILES string of the molecule is [B]1C(c2ccccc2)=NC=C(n2c3ccc(-c4ccccc4)cc3c3c4sc5ccc(-c6ccccc6)cc5c4c4ccccc4c32)C1c1ccccc1. The third-order valence-corrected chi connectivity index (χ3v) is 12.2. The number of benzene rings is 8. The highest BCUT2D eigenvalue weighted by molar-refractivity contribution is 7.27. The molecule has 4 heteroatoms. The summed E-state index contributed by atoms with van der Waals surface area (Å²) in [7, 11) is 2.35. The lowest BCUT2D eigenvalue weighted by Crippen LogP contribution is -2.25. The molecule has 0 amide bonds. The van der Waals surface area contributed by atoms with Gasteiger partial charge in [0.15, 0.2) is 7.28 Å². The van der Waals surface area contributed by atoms with E-state index in [1.807, 2.05) is 11.3 Å². The average Bonchev–Trinajstić information content (AvgIpc) is 3.81. The van der Waals surface area contributed by atoms with Crippen molar-refractivity contribution < 1.29 is 0 Å². The van der Waals surface area contributed by atoms with Crippen LogP contribution in [0.5, 0.6) is 0 Å². The van der Waals surface area contributed by atoms with Gasteiger partial charge < -0.3 is 4.57 Å². The van der Waals surface area contributed by atoms with Crippen molar-refractivity contribution in [3.8, 4) is 22.3 Å². The van der Waals surface area contributed by atoms with Crippen molar-refractivity contribution in [2.24, 2.45) is 4.99 Å². The summed E-state index contributed by atoms with van der Waals surface area (Å²) in [6.07, 6.45) is 2.13. The molecule has 3 heterocycles. The monoisotopic (exact) mass is 703 g/mol. The van der Waals surface area contributed by atoms with E-state index in [1.54, 1.807) is 0 Å². The first kappa shape index (κ1) is 31.1. The summed E-state index contributed by atoms with van der Waals surface area (Å²) < 4.78 is 5.15. The molecule has 1 unspecified atom stereocenters. The molecule has 10 aromatic rings. The van der Waals surface area contributed by atoms with E-state index in [0.717, 1.165) is 16.9 Å². The van der Waals surface area contributed by atoms with Crippen molar-refractivity contribution in [3.63, 3.8) is 0 Å². The number of aliphatic imine (C=N–C) groups is 1. The molecule has 0 saturated carbocycles. The van der Waals surface area contributed by atoms with Crippen LogP contribution in [0.3, 0.4) is 0 Å². The highest BCUT2D eigenvalue weighted by Crippen LogP contribution is 2.50. The van der Waals surface area contributed by atoms with Gasteiger partial charge in [0, 0.05) is 59.7 Å². The minimum atomic E-state index is -0.0168. The molecule has 0 N–H and O–H groups in total. The van der Waals surface area contributed by atoms with Gasteiger partial charge >= 0.3 is 0 Å². The summed E-state index contributed by atoms with van der Waals surface area (Å²) in [6.45, 7) is 0. The number of fused-ring (bicyclic) bond motifs is 10. The lowest BCUT2D eigenvalue weighted by atomic mass is 9.54. The third-order valence-electron chi connectivity index (χ3n) is 11.0. The normalized spacial score (nSPS) is 14.5. The van der Waals surface area contributed by atoms with Gasteiger partial charge in [0.05, 0.1) is 11.0 Å². The Morgan fingerprint density at radius 3 is 1.74 bits per heavy atom. The van der Waals surface area contributed by atoms with Crippen LogP contribution in [-0.4, -0.2) is 17.5 Å². The molecule has 0 saturated heterocycles. The van der Waals surface area contributed by atoms with Crippen LogP contribution in [0.1, 0.15) is 16.9 Å². The quantitative estimate of drug-likeness (QED) is 0.159. The summed E-state index contributed by atoms with van der Waals surface area (Å²) in [5.74, 6) is -0.0168. The number of thiophene rings is 1. The Morgan fingerprint density at radius 2 is 1.06 bits per heavy atom. The predicted octanol–water partition coefficient (Wildman–Crippen LogP) is 13.4. The zero-order valence-corrected chi connectivity index (χ0v) is 30.2. The number of rotatable bonds is 5. The fourth-order valence-electron chi connectivity index (χ4n) is 8.52. The molecule has 0 aliphatic carbocycles. The predicted molar refractivity (Wildman–Crippen MR) is 233 cm³/mol. The molecule has 11 rings (SSSR count). The van der Waals surface area contributed by atoms with Gasteiger partial charge in [-0.15, -0.1) is 11.3 Å². The van der Waals surface area contributed by atoms with E-state index >= 15 is 0 Å². The Morgan fingerprint density at radius 1 is 0.481 bits per heavy atom. The first-order valence-electron chi connectivity index (χ1n) is 18.5. The molecule has 251 valence electrons. The summed E-state index contributed by atoms with van der Waals surface area (Å²) in [6, 6.07) is 66.0.